The van der Waals surface area contributed by atoms with Gasteiger partial charge in [0, 0.05) is 26.1 Å². The Labute approximate surface area is 144 Å². The Hall–Kier alpha value is -1.88. The van der Waals surface area contributed by atoms with Crippen molar-refractivity contribution in [3.8, 4) is 0 Å². The van der Waals surface area contributed by atoms with Gasteiger partial charge in [-0.15, -0.1) is 0 Å². The van der Waals surface area contributed by atoms with E-state index in [-0.39, 0.29) is 18.5 Å². The zero-order chi connectivity index (χ0) is 17.7. The second-order valence-corrected chi connectivity index (χ2v) is 6.83. The number of hydrogen-bond donors (Lipinski definition) is 1. The molecule has 0 aliphatic carbocycles. The summed E-state index contributed by atoms with van der Waals surface area (Å²) in [6.45, 7) is 8.31. The van der Waals surface area contributed by atoms with E-state index in [1.54, 1.807) is 0 Å². The van der Waals surface area contributed by atoms with Gasteiger partial charge in [-0.3, -0.25) is 14.5 Å². The summed E-state index contributed by atoms with van der Waals surface area (Å²) in [5, 5.41) is 9.03. The molecule has 1 aromatic carbocycles. The van der Waals surface area contributed by atoms with E-state index in [0.717, 1.165) is 38.9 Å². The molecule has 24 heavy (non-hydrogen) atoms. The quantitative estimate of drug-likeness (QED) is 0.900. The van der Waals surface area contributed by atoms with Crippen LogP contribution in [0.25, 0.3) is 0 Å². The second kappa shape index (κ2) is 8.29. The highest BCUT2D eigenvalue weighted by molar-refractivity contribution is 5.79. The van der Waals surface area contributed by atoms with Gasteiger partial charge in [0.2, 0.25) is 5.91 Å². The lowest BCUT2D eigenvalue weighted by molar-refractivity contribution is -0.145. The van der Waals surface area contributed by atoms with Crippen molar-refractivity contribution in [2.45, 2.75) is 52.6 Å². The molecule has 0 radical (unpaired) electrons. The Balaban J connectivity index is 2.00. The first-order valence-corrected chi connectivity index (χ1v) is 8.64. The summed E-state index contributed by atoms with van der Waals surface area (Å²) in [6.07, 6.45) is 2.69. The van der Waals surface area contributed by atoms with Crippen LogP contribution >= 0.6 is 0 Å². The highest BCUT2D eigenvalue weighted by Crippen LogP contribution is 2.20. The van der Waals surface area contributed by atoms with Crippen molar-refractivity contribution in [3.63, 3.8) is 0 Å². The molecule has 132 valence electrons. The Morgan fingerprint density at radius 1 is 1.25 bits per heavy atom. The van der Waals surface area contributed by atoms with Gasteiger partial charge in [0.15, 0.2) is 0 Å². The third-order valence-corrected chi connectivity index (χ3v) is 4.84. The fourth-order valence-electron chi connectivity index (χ4n) is 3.46. The molecule has 1 aromatic rings. The summed E-state index contributed by atoms with van der Waals surface area (Å²) in [4.78, 5) is 26.7. The lowest BCUT2D eigenvalue weighted by Gasteiger charge is -2.29. The molecule has 0 bridgehead atoms. The molecule has 0 unspecified atom stereocenters. The Bertz CT molecular complexity index is 600. The monoisotopic (exact) mass is 332 g/mol. The Morgan fingerprint density at radius 3 is 2.67 bits per heavy atom. The van der Waals surface area contributed by atoms with E-state index in [2.05, 4.69) is 36.9 Å². The molecule has 0 spiro atoms. The van der Waals surface area contributed by atoms with Crippen molar-refractivity contribution in [2.75, 3.05) is 19.6 Å². The molecular formula is C19H28N2O3. The van der Waals surface area contributed by atoms with Crippen LogP contribution in [0.4, 0.5) is 0 Å². The molecule has 1 fully saturated rings. The average Bonchev–Trinajstić information content (AvgIpc) is 2.74. The minimum atomic E-state index is -0.943. The number of carboxylic acid groups (broad SMARTS) is 1. The minimum Gasteiger partial charge on any atom is -0.480 e. The Morgan fingerprint density at radius 2 is 2.00 bits per heavy atom. The van der Waals surface area contributed by atoms with Gasteiger partial charge in [-0.25, -0.2) is 0 Å². The summed E-state index contributed by atoms with van der Waals surface area (Å²) < 4.78 is 0. The largest absolute Gasteiger partial charge is 0.480 e. The smallest absolute Gasteiger partial charge is 0.323 e. The van der Waals surface area contributed by atoms with Gasteiger partial charge in [0.1, 0.15) is 6.54 Å². The molecule has 2 rings (SSSR count). The van der Waals surface area contributed by atoms with Crippen molar-refractivity contribution < 1.29 is 14.7 Å². The van der Waals surface area contributed by atoms with Gasteiger partial charge in [-0.1, -0.05) is 23.8 Å². The highest BCUT2D eigenvalue weighted by Gasteiger charge is 2.26. The number of benzene rings is 1. The fraction of sp³-hybridized carbons (Fsp3) is 0.579. The van der Waals surface area contributed by atoms with E-state index < -0.39 is 5.97 Å². The molecule has 1 amide bonds. The van der Waals surface area contributed by atoms with Crippen molar-refractivity contribution in [2.24, 2.45) is 0 Å². The average molecular weight is 332 g/mol. The number of carbonyl (C=O) groups is 2. The normalized spacial score (nSPS) is 18.9. The summed E-state index contributed by atoms with van der Waals surface area (Å²) in [6, 6.07) is 6.57. The van der Waals surface area contributed by atoms with E-state index in [4.69, 9.17) is 5.11 Å². The van der Waals surface area contributed by atoms with E-state index >= 15 is 0 Å². The number of hydrogen-bond acceptors (Lipinski definition) is 3. The summed E-state index contributed by atoms with van der Waals surface area (Å²) in [7, 11) is 0. The molecule has 0 saturated carbocycles. The molecule has 0 aromatic heterocycles. The number of aryl methyl sites for hydroxylation is 2. The van der Waals surface area contributed by atoms with Crippen molar-refractivity contribution in [1.29, 1.82) is 0 Å². The molecular weight excluding hydrogens is 304 g/mol. The molecule has 5 heteroatoms. The van der Waals surface area contributed by atoms with E-state index in [1.807, 2.05) is 0 Å². The van der Waals surface area contributed by atoms with Crippen LogP contribution in [-0.2, 0) is 16.1 Å². The van der Waals surface area contributed by atoms with Crippen molar-refractivity contribution in [1.82, 2.24) is 9.80 Å². The Kier molecular flexibility index (Phi) is 6.37. The molecule has 1 aliphatic rings. The zero-order valence-electron chi connectivity index (χ0n) is 14.9. The standard InChI is InChI=1S/C19H28N2O3/c1-14-6-7-15(2)17(11-14)12-20-9-4-5-18(8-10-20)21(16(3)22)13-19(23)24/h6-7,11,18H,4-5,8-10,12-13H2,1-3H3,(H,23,24)/t18-/m0/s1. The number of carboxylic acids is 1. The van der Waals surface area contributed by atoms with E-state index in [0.29, 0.717) is 0 Å². The lowest BCUT2D eigenvalue weighted by atomic mass is 10.1. The van der Waals surface area contributed by atoms with Gasteiger partial charge < -0.3 is 10.0 Å². The molecule has 1 heterocycles. The van der Waals surface area contributed by atoms with E-state index in [1.165, 1.54) is 28.5 Å². The number of aliphatic carboxylic acids is 1. The number of amides is 1. The summed E-state index contributed by atoms with van der Waals surface area (Å²) in [5.74, 6) is -1.09. The maximum atomic E-state index is 11.8. The van der Waals surface area contributed by atoms with Gasteiger partial charge in [-0.2, -0.15) is 0 Å². The topological polar surface area (TPSA) is 60.9 Å². The molecule has 1 atom stereocenters. The molecule has 1 saturated heterocycles. The number of rotatable bonds is 5. The predicted octanol–water partition coefficient (Wildman–Crippen LogP) is 2.59. The second-order valence-electron chi connectivity index (χ2n) is 6.83. The van der Waals surface area contributed by atoms with E-state index in [9.17, 15) is 9.59 Å². The van der Waals surface area contributed by atoms with Crippen LogP contribution in [0.15, 0.2) is 18.2 Å². The highest BCUT2D eigenvalue weighted by atomic mass is 16.4. The maximum absolute atomic E-state index is 11.8. The molecule has 1 N–H and O–H groups in total. The number of carbonyl (C=O) groups excluding carboxylic acids is 1. The van der Waals surface area contributed by atoms with Gasteiger partial charge >= 0.3 is 5.97 Å². The molecule has 1 aliphatic heterocycles. The van der Waals surface area contributed by atoms with Gasteiger partial charge in [0.25, 0.3) is 0 Å². The SMILES string of the molecule is CC(=O)N(CC(=O)O)[C@H]1CCCN(Cc2cc(C)ccc2C)CC1. The van der Waals surface area contributed by atoms with Gasteiger partial charge in [0.05, 0.1) is 0 Å². The minimum absolute atomic E-state index is 0.0298. The molecule has 5 nitrogen and oxygen atoms in total. The first-order valence-electron chi connectivity index (χ1n) is 8.64. The van der Waals surface area contributed by atoms with Crippen molar-refractivity contribution >= 4 is 11.9 Å². The van der Waals surface area contributed by atoms with Crippen LogP contribution in [0.3, 0.4) is 0 Å². The van der Waals surface area contributed by atoms with Crippen LogP contribution in [0, 0.1) is 13.8 Å². The zero-order valence-corrected chi connectivity index (χ0v) is 14.9. The van der Waals surface area contributed by atoms with Gasteiger partial charge in [-0.05, 0) is 50.8 Å². The third-order valence-electron chi connectivity index (χ3n) is 4.84. The van der Waals surface area contributed by atoms with Crippen LogP contribution in [0.2, 0.25) is 0 Å². The van der Waals surface area contributed by atoms with Crippen LogP contribution in [0.5, 0.6) is 0 Å². The summed E-state index contributed by atoms with van der Waals surface area (Å²) in [5.41, 5.74) is 3.92. The number of likely N-dealkylation sites (tertiary alicyclic amines) is 1. The first kappa shape index (κ1) is 18.5. The maximum Gasteiger partial charge on any atom is 0.323 e. The van der Waals surface area contributed by atoms with Crippen molar-refractivity contribution in [3.05, 3.63) is 34.9 Å². The van der Waals surface area contributed by atoms with Crippen LogP contribution in [0.1, 0.15) is 42.9 Å². The number of nitrogens with zero attached hydrogens (tertiary/aromatic N) is 2. The van der Waals surface area contributed by atoms with Crippen LogP contribution < -0.4 is 0 Å². The fourth-order valence-corrected chi connectivity index (χ4v) is 3.46. The predicted molar refractivity (Wildman–Crippen MR) is 93.9 cm³/mol. The first-order chi connectivity index (χ1) is 11.4. The third kappa shape index (κ3) is 5.06. The lowest BCUT2D eigenvalue weighted by Crippen LogP contribution is -2.42. The summed E-state index contributed by atoms with van der Waals surface area (Å²) >= 11 is 0. The van der Waals surface area contributed by atoms with Crippen LogP contribution in [-0.4, -0.2) is 52.5 Å².